The number of allylic oxidation sites excluding steroid dienone is 2. The van der Waals surface area contributed by atoms with Crippen LogP contribution in [0.25, 0.3) is 11.6 Å². The zero-order valence-electron chi connectivity index (χ0n) is 10.4. The lowest BCUT2D eigenvalue weighted by Gasteiger charge is -2.06. The van der Waals surface area contributed by atoms with E-state index in [0.29, 0.717) is 0 Å². The number of hydrogen-bond acceptors (Lipinski definition) is 0. The van der Waals surface area contributed by atoms with Crippen molar-refractivity contribution in [2.75, 3.05) is 0 Å². The predicted octanol–water partition coefficient (Wildman–Crippen LogP) is 5.38. The van der Waals surface area contributed by atoms with Gasteiger partial charge in [0.15, 0.2) is 0 Å². The molecule has 0 atom stereocenters. The van der Waals surface area contributed by atoms with Crippen LogP contribution in [0.2, 0.25) is 5.02 Å². The van der Waals surface area contributed by atoms with Crippen molar-refractivity contribution in [3.8, 4) is 0 Å². The first-order chi connectivity index (χ1) is 8.70. The second-order valence-corrected chi connectivity index (χ2v) is 4.61. The molecule has 0 amide bonds. The summed E-state index contributed by atoms with van der Waals surface area (Å²) in [5.41, 5.74) is 4.70. The van der Waals surface area contributed by atoms with E-state index in [2.05, 4.69) is 31.7 Å². The molecule has 0 aliphatic carbocycles. The summed E-state index contributed by atoms with van der Waals surface area (Å²) in [5.74, 6) is 0. The van der Waals surface area contributed by atoms with Gasteiger partial charge in [0.25, 0.3) is 0 Å². The summed E-state index contributed by atoms with van der Waals surface area (Å²) in [4.78, 5) is 0. The smallest absolute Gasteiger partial charge is 0.0406 e. The van der Waals surface area contributed by atoms with Crippen LogP contribution in [0.5, 0.6) is 0 Å². The summed E-state index contributed by atoms with van der Waals surface area (Å²) < 4.78 is 0. The number of hydrogen-bond donors (Lipinski definition) is 0. The van der Waals surface area contributed by atoms with E-state index < -0.39 is 0 Å². The number of aryl methyl sites for hydroxylation is 1. The molecular formula is C17H15Cl. The Balaban J connectivity index is 2.43. The van der Waals surface area contributed by atoms with Gasteiger partial charge in [-0.2, -0.15) is 0 Å². The molecule has 0 nitrogen and oxygen atoms in total. The molecule has 0 aliphatic heterocycles. The van der Waals surface area contributed by atoms with Gasteiger partial charge >= 0.3 is 0 Å². The summed E-state index contributed by atoms with van der Waals surface area (Å²) in [6.45, 7) is 6.00. The SMILES string of the molecule is C=C/C(=C/c1ccc(Cl)cc1)c1ccccc1C. The van der Waals surface area contributed by atoms with Crippen LogP contribution in [0.1, 0.15) is 16.7 Å². The molecule has 0 heterocycles. The summed E-state index contributed by atoms with van der Waals surface area (Å²) in [5, 5.41) is 0.753. The van der Waals surface area contributed by atoms with Gasteiger partial charge < -0.3 is 0 Å². The predicted molar refractivity (Wildman–Crippen MR) is 80.7 cm³/mol. The highest BCUT2D eigenvalue weighted by atomic mass is 35.5. The fourth-order valence-electron chi connectivity index (χ4n) is 1.88. The molecule has 0 spiro atoms. The first-order valence-corrected chi connectivity index (χ1v) is 6.24. The molecule has 90 valence electrons. The molecule has 0 bridgehead atoms. The Morgan fingerprint density at radius 2 is 1.72 bits per heavy atom. The Labute approximate surface area is 113 Å². The highest BCUT2D eigenvalue weighted by Gasteiger charge is 2.01. The van der Waals surface area contributed by atoms with Gasteiger partial charge in [-0.3, -0.25) is 0 Å². The normalized spacial score (nSPS) is 11.3. The third-order valence-electron chi connectivity index (χ3n) is 2.87. The maximum absolute atomic E-state index is 5.88. The summed E-state index contributed by atoms with van der Waals surface area (Å²) in [6.07, 6.45) is 4.00. The van der Waals surface area contributed by atoms with Crippen LogP contribution in [0.3, 0.4) is 0 Å². The minimum absolute atomic E-state index is 0.753. The third kappa shape index (κ3) is 2.91. The third-order valence-corrected chi connectivity index (χ3v) is 3.12. The lowest BCUT2D eigenvalue weighted by Crippen LogP contribution is -1.85. The van der Waals surface area contributed by atoms with E-state index in [1.165, 1.54) is 11.1 Å². The number of halogens is 1. The van der Waals surface area contributed by atoms with Crippen molar-refractivity contribution in [1.29, 1.82) is 0 Å². The van der Waals surface area contributed by atoms with Crippen LogP contribution in [0, 0.1) is 6.92 Å². The van der Waals surface area contributed by atoms with E-state index >= 15 is 0 Å². The molecule has 0 saturated heterocycles. The molecule has 2 aromatic carbocycles. The molecule has 2 rings (SSSR count). The van der Waals surface area contributed by atoms with E-state index in [0.717, 1.165) is 16.2 Å². The van der Waals surface area contributed by atoms with Crippen LogP contribution >= 0.6 is 11.6 Å². The van der Waals surface area contributed by atoms with E-state index in [1.807, 2.05) is 42.5 Å². The van der Waals surface area contributed by atoms with Crippen LogP contribution in [0.15, 0.2) is 61.2 Å². The van der Waals surface area contributed by atoms with Crippen LogP contribution in [-0.2, 0) is 0 Å². The lowest BCUT2D eigenvalue weighted by molar-refractivity contribution is 1.43. The lowest BCUT2D eigenvalue weighted by atomic mass is 9.98. The minimum Gasteiger partial charge on any atom is -0.0984 e. The van der Waals surface area contributed by atoms with E-state index in [-0.39, 0.29) is 0 Å². The van der Waals surface area contributed by atoms with Gasteiger partial charge in [0, 0.05) is 5.02 Å². The van der Waals surface area contributed by atoms with Crippen molar-refractivity contribution in [3.63, 3.8) is 0 Å². The first kappa shape index (κ1) is 12.7. The maximum Gasteiger partial charge on any atom is 0.0406 e. The Morgan fingerprint density at radius 1 is 1.06 bits per heavy atom. The van der Waals surface area contributed by atoms with Gasteiger partial charge in [0.05, 0.1) is 0 Å². The van der Waals surface area contributed by atoms with Crippen molar-refractivity contribution >= 4 is 23.3 Å². The second kappa shape index (κ2) is 5.70. The molecule has 0 N–H and O–H groups in total. The van der Waals surface area contributed by atoms with Gasteiger partial charge in [0.1, 0.15) is 0 Å². The molecular weight excluding hydrogens is 240 g/mol. The topological polar surface area (TPSA) is 0 Å². The highest BCUT2D eigenvalue weighted by Crippen LogP contribution is 2.23. The molecule has 0 aromatic heterocycles. The Kier molecular flexibility index (Phi) is 4.01. The van der Waals surface area contributed by atoms with Crippen molar-refractivity contribution in [2.45, 2.75) is 6.92 Å². The maximum atomic E-state index is 5.88. The average molecular weight is 255 g/mol. The Bertz CT molecular complexity index is 577. The van der Waals surface area contributed by atoms with Crippen molar-refractivity contribution in [2.24, 2.45) is 0 Å². The van der Waals surface area contributed by atoms with Gasteiger partial charge in [-0.25, -0.2) is 0 Å². The van der Waals surface area contributed by atoms with Gasteiger partial charge in [-0.1, -0.05) is 60.7 Å². The molecule has 0 fully saturated rings. The number of rotatable bonds is 3. The largest absolute Gasteiger partial charge is 0.0984 e. The number of benzene rings is 2. The monoisotopic (exact) mass is 254 g/mol. The van der Waals surface area contributed by atoms with E-state index in [9.17, 15) is 0 Å². The standard InChI is InChI=1S/C17H15Cl/c1-3-15(17-7-5-4-6-13(17)2)12-14-8-10-16(18)11-9-14/h3-12H,1H2,2H3/b15-12-. The zero-order chi connectivity index (χ0) is 13.0. The van der Waals surface area contributed by atoms with E-state index in [1.54, 1.807) is 0 Å². The Hall–Kier alpha value is -1.79. The molecule has 1 heteroatoms. The van der Waals surface area contributed by atoms with Crippen molar-refractivity contribution < 1.29 is 0 Å². The summed E-state index contributed by atoms with van der Waals surface area (Å²) in [6, 6.07) is 16.1. The zero-order valence-corrected chi connectivity index (χ0v) is 11.1. The molecule has 0 aliphatic rings. The van der Waals surface area contributed by atoms with Gasteiger partial charge in [-0.05, 0) is 47.4 Å². The summed E-state index contributed by atoms with van der Waals surface area (Å²) >= 11 is 5.88. The first-order valence-electron chi connectivity index (χ1n) is 5.86. The van der Waals surface area contributed by atoms with Crippen LogP contribution in [-0.4, -0.2) is 0 Å². The quantitative estimate of drug-likeness (QED) is 0.510. The molecule has 0 saturated carbocycles. The molecule has 2 aromatic rings. The second-order valence-electron chi connectivity index (χ2n) is 4.17. The molecule has 0 unspecified atom stereocenters. The van der Waals surface area contributed by atoms with E-state index in [4.69, 9.17) is 11.6 Å². The van der Waals surface area contributed by atoms with Crippen LogP contribution < -0.4 is 0 Å². The average Bonchev–Trinajstić information content (AvgIpc) is 2.39. The van der Waals surface area contributed by atoms with Crippen molar-refractivity contribution in [1.82, 2.24) is 0 Å². The molecule has 18 heavy (non-hydrogen) atoms. The minimum atomic E-state index is 0.753. The fraction of sp³-hybridized carbons (Fsp3) is 0.0588. The van der Waals surface area contributed by atoms with Gasteiger partial charge in [0.2, 0.25) is 0 Å². The van der Waals surface area contributed by atoms with Crippen molar-refractivity contribution in [3.05, 3.63) is 82.9 Å². The Morgan fingerprint density at radius 3 is 2.33 bits per heavy atom. The van der Waals surface area contributed by atoms with Gasteiger partial charge in [-0.15, -0.1) is 0 Å². The van der Waals surface area contributed by atoms with Crippen LogP contribution in [0.4, 0.5) is 0 Å². The summed E-state index contributed by atoms with van der Waals surface area (Å²) in [7, 11) is 0. The fourth-order valence-corrected chi connectivity index (χ4v) is 2.01. The molecule has 0 radical (unpaired) electrons. The highest BCUT2D eigenvalue weighted by molar-refractivity contribution is 6.30.